The molecular formula is C12H16ClN3O3. The highest BCUT2D eigenvalue weighted by Crippen LogP contribution is 2.24. The molecule has 0 fully saturated rings. The number of oxime groups is 1. The van der Waals surface area contributed by atoms with E-state index < -0.39 is 5.60 Å². The van der Waals surface area contributed by atoms with Crippen LogP contribution in [0.3, 0.4) is 0 Å². The lowest BCUT2D eigenvalue weighted by Gasteiger charge is -2.22. The van der Waals surface area contributed by atoms with Crippen LogP contribution in [0.1, 0.15) is 19.4 Å². The molecule has 0 aliphatic carbocycles. The van der Waals surface area contributed by atoms with Gasteiger partial charge in [-0.15, -0.1) is 0 Å². The monoisotopic (exact) mass is 285 g/mol. The predicted molar refractivity (Wildman–Crippen MR) is 73.7 cm³/mol. The summed E-state index contributed by atoms with van der Waals surface area (Å²) in [5.41, 5.74) is 5.29. The van der Waals surface area contributed by atoms with Crippen LogP contribution in [0.4, 0.5) is 5.69 Å². The summed E-state index contributed by atoms with van der Waals surface area (Å²) in [4.78, 5) is 12.0. The Morgan fingerprint density at radius 1 is 1.53 bits per heavy atom. The first-order valence-electron chi connectivity index (χ1n) is 5.46. The second-order valence-corrected chi connectivity index (χ2v) is 4.76. The molecule has 0 heterocycles. The van der Waals surface area contributed by atoms with Crippen LogP contribution in [0.2, 0.25) is 5.02 Å². The normalized spacial score (nSPS) is 12.3. The van der Waals surface area contributed by atoms with Gasteiger partial charge in [-0.25, -0.2) is 0 Å². The molecule has 19 heavy (non-hydrogen) atoms. The van der Waals surface area contributed by atoms with E-state index >= 15 is 0 Å². The number of amidine groups is 1. The minimum Gasteiger partial charge on any atom is -0.409 e. The molecule has 0 atom stereocenters. The number of benzene rings is 1. The molecule has 0 bridgehead atoms. The summed E-state index contributed by atoms with van der Waals surface area (Å²) in [5, 5.41) is 14.5. The Hall–Kier alpha value is -1.79. The van der Waals surface area contributed by atoms with E-state index in [-0.39, 0.29) is 11.7 Å². The molecule has 0 aliphatic heterocycles. The SMILES string of the molecule is COC(C)(C)C(=O)Nc1cc(/C(N)=N/O)ccc1Cl. The Morgan fingerprint density at radius 2 is 2.16 bits per heavy atom. The number of methoxy groups -OCH3 is 1. The number of amides is 1. The molecule has 0 saturated carbocycles. The van der Waals surface area contributed by atoms with Crippen LogP contribution < -0.4 is 11.1 Å². The second kappa shape index (κ2) is 5.90. The molecule has 4 N–H and O–H groups in total. The Labute approximate surface area is 116 Å². The van der Waals surface area contributed by atoms with Crippen LogP contribution in [0, 0.1) is 0 Å². The molecule has 0 unspecified atom stereocenters. The van der Waals surface area contributed by atoms with E-state index in [2.05, 4.69) is 10.5 Å². The fourth-order valence-electron chi connectivity index (χ4n) is 1.20. The molecule has 1 rings (SSSR count). The number of hydrogen-bond donors (Lipinski definition) is 3. The molecular weight excluding hydrogens is 270 g/mol. The van der Waals surface area contributed by atoms with Gasteiger partial charge in [0, 0.05) is 12.7 Å². The fraction of sp³-hybridized carbons (Fsp3) is 0.333. The summed E-state index contributed by atoms with van der Waals surface area (Å²) in [6.45, 7) is 3.26. The average molecular weight is 286 g/mol. The topological polar surface area (TPSA) is 96.9 Å². The van der Waals surface area contributed by atoms with Crippen molar-refractivity contribution in [2.24, 2.45) is 10.9 Å². The minimum absolute atomic E-state index is 0.0711. The van der Waals surface area contributed by atoms with E-state index in [9.17, 15) is 4.79 Å². The first kappa shape index (κ1) is 15.3. The van der Waals surface area contributed by atoms with Gasteiger partial charge < -0.3 is 21.0 Å². The lowest BCUT2D eigenvalue weighted by molar-refractivity contribution is -0.133. The standard InChI is InChI=1S/C12H16ClN3O3/c1-12(2,19-3)11(17)15-9-6-7(10(14)16-18)4-5-8(9)13/h4-6,18H,1-3H3,(H2,14,16)(H,15,17). The number of carbonyl (C=O) groups is 1. The third-order valence-electron chi connectivity index (χ3n) is 2.68. The van der Waals surface area contributed by atoms with Crippen molar-refractivity contribution in [3.63, 3.8) is 0 Å². The maximum atomic E-state index is 12.0. The summed E-state index contributed by atoms with van der Waals surface area (Å²) >= 11 is 5.98. The summed E-state index contributed by atoms with van der Waals surface area (Å²) in [5.74, 6) is -0.424. The van der Waals surface area contributed by atoms with Gasteiger partial charge in [-0.2, -0.15) is 0 Å². The lowest BCUT2D eigenvalue weighted by atomic mass is 10.1. The van der Waals surface area contributed by atoms with Crippen LogP contribution in [0.15, 0.2) is 23.4 Å². The Balaban J connectivity index is 3.05. The van der Waals surface area contributed by atoms with Gasteiger partial charge in [0.25, 0.3) is 5.91 Å². The molecule has 0 radical (unpaired) electrons. The third-order valence-corrected chi connectivity index (χ3v) is 3.00. The van der Waals surface area contributed by atoms with Crippen molar-refractivity contribution in [1.82, 2.24) is 0 Å². The van der Waals surface area contributed by atoms with Gasteiger partial charge in [-0.05, 0) is 32.0 Å². The van der Waals surface area contributed by atoms with Gasteiger partial charge in [-0.3, -0.25) is 4.79 Å². The predicted octanol–water partition coefficient (Wildman–Crippen LogP) is 1.80. The number of anilines is 1. The molecule has 0 aliphatic rings. The van der Waals surface area contributed by atoms with Gasteiger partial charge in [0.2, 0.25) is 0 Å². The molecule has 6 nitrogen and oxygen atoms in total. The number of nitrogens with one attached hydrogen (secondary N) is 1. The molecule has 7 heteroatoms. The highest BCUT2D eigenvalue weighted by atomic mass is 35.5. The van der Waals surface area contributed by atoms with Gasteiger partial charge >= 0.3 is 0 Å². The number of nitrogens with zero attached hydrogens (tertiary/aromatic N) is 1. The number of halogens is 1. The highest BCUT2D eigenvalue weighted by Gasteiger charge is 2.27. The van der Waals surface area contributed by atoms with Crippen molar-refractivity contribution < 1.29 is 14.7 Å². The average Bonchev–Trinajstić information content (AvgIpc) is 2.40. The van der Waals surface area contributed by atoms with E-state index in [1.807, 2.05) is 0 Å². The van der Waals surface area contributed by atoms with E-state index in [0.29, 0.717) is 16.3 Å². The Bertz CT molecular complexity index is 515. The van der Waals surface area contributed by atoms with Crippen LogP contribution in [0.25, 0.3) is 0 Å². The van der Waals surface area contributed by atoms with Crippen molar-refractivity contribution in [2.75, 3.05) is 12.4 Å². The molecule has 1 aromatic rings. The van der Waals surface area contributed by atoms with Gasteiger partial charge in [-0.1, -0.05) is 16.8 Å². The fourth-order valence-corrected chi connectivity index (χ4v) is 1.37. The number of carbonyl (C=O) groups excluding carboxylic acids is 1. The Morgan fingerprint density at radius 3 is 2.68 bits per heavy atom. The molecule has 0 spiro atoms. The number of nitrogens with two attached hydrogens (primary N) is 1. The first-order valence-corrected chi connectivity index (χ1v) is 5.83. The quantitative estimate of drug-likeness (QED) is 0.340. The van der Waals surface area contributed by atoms with E-state index in [0.717, 1.165) is 0 Å². The summed E-state index contributed by atoms with van der Waals surface area (Å²) in [6.07, 6.45) is 0. The molecule has 0 saturated heterocycles. The summed E-state index contributed by atoms with van der Waals surface area (Å²) in [6, 6.07) is 4.64. The largest absolute Gasteiger partial charge is 0.409 e. The highest BCUT2D eigenvalue weighted by molar-refractivity contribution is 6.34. The van der Waals surface area contributed by atoms with E-state index in [4.69, 9.17) is 27.3 Å². The number of ether oxygens (including phenoxy) is 1. The molecule has 1 aromatic carbocycles. The second-order valence-electron chi connectivity index (χ2n) is 4.35. The van der Waals surface area contributed by atoms with Gasteiger partial charge in [0.15, 0.2) is 5.84 Å². The van der Waals surface area contributed by atoms with E-state index in [1.54, 1.807) is 26.0 Å². The zero-order valence-corrected chi connectivity index (χ0v) is 11.7. The van der Waals surface area contributed by atoms with Crippen molar-refractivity contribution in [2.45, 2.75) is 19.4 Å². The van der Waals surface area contributed by atoms with Gasteiger partial charge in [0.1, 0.15) is 5.60 Å². The Kier molecular flexibility index (Phi) is 4.74. The minimum atomic E-state index is -0.990. The summed E-state index contributed by atoms with van der Waals surface area (Å²) in [7, 11) is 1.44. The number of hydrogen-bond acceptors (Lipinski definition) is 4. The van der Waals surface area contributed by atoms with Crippen molar-refractivity contribution in [1.29, 1.82) is 0 Å². The molecule has 1 amide bonds. The van der Waals surface area contributed by atoms with Crippen LogP contribution in [-0.2, 0) is 9.53 Å². The van der Waals surface area contributed by atoms with Crippen molar-refractivity contribution in [3.05, 3.63) is 28.8 Å². The first-order chi connectivity index (χ1) is 8.81. The number of rotatable bonds is 4. The molecule has 104 valence electrons. The summed E-state index contributed by atoms with van der Waals surface area (Å²) < 4.78 is 5.07. The van der Waals surface area contributed by atoms with Crippen molar-refractivity contribution >= 4 is 29.0 Å². The zero-order chi connectivity index (χ0) is 14.6. The van der Waals surface area contributed by atoms with Crippen LogP contribution in [0.5, 0.6) is 0 Å². The van der Waals surface area contributed by atoms with Crippen molar-refractivity contribution in [3.8, 4) is 0 Å². The zero-order valence-electron chi connectivity index (χ0n) is 10.9. The smallest absolute Gasteiger partial charge is 0.256 e. The van der Waals surface area contributed by atoms with E-state index in [1.165, 1.54) is 13.2 Å². The molecule has 0 aromatic heterocycles. The maximum Gasteiger partial charge on any atom is 0.256 e. The van der Waals surface area contributed by atoms with Crippen LogP contribution >= 0.6 is 11.6 Å². The third kappa shape index (κ3) is 3.59. The maximum absolute atomic E-state index is 12.0. The van der Waals surface area contributed by atoms with Crippen LogP contribution in [-0.4, -0.2) is 29.7 Å². The van der Waals surface area contributed by atoms with Gasteiger partial charge in [0.05, 0.1) is 10.7 Å². The lowest BCUT2D eigenvalue weighted by Crippen LogP contribution is -2.38.